The van der Waals surface area contributed by atoms with Crippen molar-refractivity contribution in [2.45, 2.75) is 46.1 Å². The topological polar surface area (TPSA) is 46.2 Å². The van der Waals surface area contributed by atoms with Crippen LogP contribution in [0.1, 0.15) is 37.8 Å². The molecule has 1 rings (SSSR count). The summed E-state index contributed by atoms with van der Waals surface area (Å²) in [6.45, 7) is 6.37. The molecule has 0 aliphatic rings. The third-order valence-corrected chi connectivity index (χ3v) is 3.17. The zero-order valence-corrected chi connectivity index (χ0v) is 10.5. The summed E-state index contributed by atoms with van der Waals surface area (Å²) >= 11 is 0. The van der Waals surface area contributed by atoms with Gasteiger partial charge >= 0.3 is 0 Å². The maximum absolute atomic E-state index is 9.30. The third kappa shape index (κ3) is 3.86. The van der Waals surface area contributed by atoms with Crippen LogP contribution in [-0.2, 0) is 6.42 Å². The Hall–Kier alpha value is -1.02. The predicted octanol–water partition coefficient (Wildman–Crippen LogP) is 3.01. The first-order valence-electron chi connectivity index (χ1n) is 6.04. The van der Waals surface area contributed by atoms with Crippen molar-refractivity contribution in [2.75, 3.05) is 0 Å². The second kappa shape index (κ2) is 5.90. The number of aryl methyl sites for hydroxylation is 2. The molecule has 16 heavy (non-hydrogen) atoms. The van der Waals surface area contributed by atoms with E-state index in [2.05, 4.69) is 13.8 Å². The van der Waals surface area contributed by atoms with Crippen LogP contribution < -0.4 is 5.73 Å². The first kappa shape index (κ1) is 13.0. The van der Waals surface area contributed by atoms with E-state index in [0.29, 0.717) is 17.7 Å². The summed E-state index contributed by atoms with van der Waals surface area (Å²) in [4.78, 5) is 0. The van der Waals surface area contributed by atoms with Crippen LogP contribution in [-0.4, -0.2) is 11.1 Å². The number of rotatable bonds is 5. The van der Waals surface area contributed by atoms with Gasteiger partial charge in [-0.25, -0.2) is 0 Å². The molecule has 1 aromatic rings. The number of phenols is 1. The predicted molar refractivity (Wildman–Crippen MR) is 68.6 cm³/mol. The summed E-state index contributed by atoms with van der Waals surface area (Å²) in [5.41, 5.74) is 8.48. The first-order valence-corrected chi connectivity index (χ1v) is 6.04. The second-order valence-electron chi connectivity index (χ2n) is 4.91. The number of aromatic hydroxyl groups is 1. The van der Waals surface area contributed by atoms with E-state index in [0.717, 1.165) is 24.8 Å². The van der Waals surface area contributed by atoms with Crippen LogP contribution in [0.15, 0.2) is 18.2 Å². The summed E-state index contributed by atoms with van der Waals surface area (Å²) in [5, 5.41) is 9.30. The van der Waals surface area contributed by atoms with E-state index in [4.69, 9.17) is 5.73 Å². The van der Waals surface area contributed by atoms with Crippen LogP contribution >= 0.6 is 0 Å². The molecule has 0 saturated heterocycles. The standard InChI is InChI=1S/C14H23NO/c1-10(2)14(15)6-4-5-12-7-8-13(16)9-11(12)3/h7-10,14,16H,4-6,15H2,1-3H3. The summed E-state index contributed by atoms with van der Waals surface area (Å²) in [6, 6.07) is 5.88. The van der Waals surface area contributed by atoms with Crippen molar-refractivity contribution in [3.05, 3.63) is 29.3 Å². The van der Waals surface area contributed by atoms with Gasteiger partial charge in [-0.2, -0.15) is 0 Å². The maximum atomic E-state index is 9.30. The van der Waals surface area contributed by atoms with Crippen molar-refractivity contribution in [3.63, 3.8) is 0 Å². The molecule has 0 aliphatic heterocycles. The van der Waals surface area contributed by atoms with Gasteiger partial charge in [0.2, 0.25) is 0 Å². The van der Waals surface area contributed by atoms with Crippen LogP contribution in [0, 0.1) is 12.8 Å². The number of phenolic OH excluding ortho intramolecular Hbond substituents is 1. The van der Waals surface area contributed by atoms with E-state index in [-0.39, 0.29) is 0 Å². The third-order valence-electron chi connectivity index (χ3n) is 3.17. The second-order valence-corrected chi connectivity index (χ2v) is 4.91. The fourth-order valence-corrected chi connectivity index (χ4v) is 1.82. The molecule has 3 N–H and O–H groups in total. The largest absolute Gasteiger partial charge is 0.508 e. The highest BCUT2D eigenvalue weighted by Gasteiger charge is 2.07. The van der Waals surface area contributed by atoms with Crippen molar-refractivity contribution < 1.29 is 5.11 Å². The van der Waals surface area contributed by atoms with Gasteiger partial charge in [0, 0.05) is 6.04 Å². The molecule has 0 bridgehead atoms. The summed E-state index contributed by atoms with van der Waals surface area (Å²) in [6.07, 6.45) is 3.23. The van der Waals surface area contributed by atoms with E-state index < -0.39 is 0 Å². The fraction of sp³-hybridized carbons (Fsp3) is 0.571. The lowest BCUT2D eigenvalue weighted by molar-refractivity contribution is 0.451. The molecular weight excluding hydrogens is 198 g/mol. The monoisotopic (exact) mass is 221 g/mol. The molecule has 90 valence electrons. The minimum atomic E-state index is 0.303. The Balaban J connectivity index is 2.43. The van der Waals surface area contributed by atoms with E-state index in [1.807, 2.05) is 19.1 Å². The van der Waals surface area contributed by atoms with Crippen LogP contribution in [0.5, 0.6) is 5.75 Å². The Morgan fingerprint density at radius 1 is 1.31 bits per heavy atom. The Kier molecular flexibility index (Phi) is 4.81. The zero-order chi connectivity index (χ0) is 12.1. The molecule has 0 radical (unpaired) electrons. The van der Waals surface area contributed by atoms with Gasteiger partial charge in [0.25, 0.3) is 0 Å². The molecule has 0 aliphatic carbocycles. The normalized spacial score (nSPS) is 13.1. The summed E-state index contributed by atoms with van der Waals surface area (Å²) in [5.74, 6) is 0.904. The highest BCUT2D eigenvalue weighted by Crippen LogP contribution is 2.18. The van der Waals surface area contributed by atoms with Crippen LogP contribution in [0.3, 0.4) is 0 Å². The molecule has 1 atom stereocenters. The smallest absolute Gasteiger partial charge is 0.115 e. The Morgan fingerprint density at radius 2 is 2.00 bits per heavy atom. The number of hydrogen-bond donors (Lipinski definition) is 2. The van der Waals surface area contributed by atoms with Crippen LogP contribution in [0.25, 0.3) is 0 Å². The lowest BCUT2D eigenvalue weighted by atomic mass is 9.96. The highest BCUT2D eigenvalue weighted by molar-refractivity contribution is 5.33. The zero-order valence-electron chi connectivity index (χ0n) is 10.5. The van der Waals surface area contributed by atoms with E-state index >= 15 is 0 Å². The van der Waals surface area contributed by atoms with E-state index in [1.165, 1.54) is 5.56 Å². The average molecular weight is 221 g/mol. The van der Waals surface area contributed by atoms with Crippen molar-refractivity contribution >= 4 is 0 Å². The SMILES string of the molecule is Cc1cc(O)ccc1CCCC(N)C(C)C. The molecule has 1 aromatic carbocycles. The van der Waals surface area contributed by atoms with E-state index in [1.54, 1.807) is 6.07 Å². The molecule has 0 amide bonds. The van der Waals surface area contributed by atoms with Gasteiger partial charge in [-0.3, -0.25) is 0 Å². The van der Waals surface area contributed by atoms with Gasteiger partial charge in [0.05, 0.1) is 0 Å². The Morgan fingerprint density at radius 3 is 2.56 bits per heavy atom. The average Bonchev–Trinajstić information content (AvgIpc) is 2.20. The van der Waals surface area contributed by atoms with Gasteiger partial charge in [0.1, 0.15) is 5.75 Å². The number of benzene rings is 1. The lowest BCUT2D eigenvalue weighted by Crippen LogP contribution is -2.26. The van der Waals surface area contributed by atoms with Crippen LogP contribution in [0.4, 0.5) is 0 Å². The minimum absolute atomic E-state index is 0.303. The lowest BCUT2D eigenvalue weighted by Gasteiger charge is -2.15. The summed E-state index contributed by atoms with van der Waals surface area (Å²) in [7, 11) is 0. The van der Waals surface area contributed by atoms with Crippen LogP contribution in [0.2, 0.25) is 0 Å². The maximum Gasteiger partial charge on any atom is 0.115 e. The molecule has 0 heterocycles. The van der Waals surface area contributed by atoms with Crippen molar-refractivity contribution in [1.29, 1.82) is 0 Å². The minimum Gasteiger partial charge on any atom is -0.508 e. The molecular formula is C14H23NO. The first-order chi connectivity index (χ1) is 7.50. The van der Waals surface area contributed by atoms with Gasteiger partial charge in [-0.1, -0.05) is 19.9 Å². The quantitative estimate of drug-likeness (QED) is 0.803. The Labute approximate surface area is 98.5 Å². The fourth-order valence-electron chi connectivity index (χ4n) is 1.82. The van der Waals surface area contributed by atoms with Gasteiger partial charge < -0.3 is 10.8 Å². The van der Waals surface area contributed by atoms with Crippen molar-refractivity contribution in [2.24, 2.45) is 11.7 Å². The van der Waals surface area contributed by atoms with Crippen molar-refractivity contribution in [1.82, 2.24) is 0 Å². The molecule has 0 saturated carbocycles. The Bertz CT molecular complexity index is 334. The highest BCUT2D eigenvalue weighted by atomic mass is 16.3. The molecule has 0 fully saturated rings. The summed E-state index contributed by atoms with van der Waals surface area (Å²) < 4.78 is 0. The van der Waals surface area contributed by atoms with Gasteiger partial charge in [-0.05, 0) is 55.4 Å². The van der Waals surface area contributed by atoms with Crippen molar-refractivity contribution in [3.8, 4) is 5.75 Å². The molecule has 2 heteroatoms. The molecule has 0 aromatic heterocycles. The van der Waals surface area contributed by atoms with E-state index in [9.17, 15) is 5.11 Å². The molecule has 2 nitrogen and oxygen atoms in total. The molecule has 0 spiro atoms. The molecule has 1 unspecified atom stereocenters. The van der Waals surface area contributed by atoms with Gasteiger partial charge in [-0.15, -0.1) is 0 Å². The van der Waals surface area contributed by atoms with Gasteiger partial charge in [0.15, 0.2) is 0 Å². The number of nitrogens with two attached hydrogens (primary N) is 1. The number of hydrogen-bond acceptors (Lipinski definition) is 2.